The second kappa shape index (κ2) is 13.3. The van der Waals surface area contributed by atoms with Gasteiger partial charge in [-0.1, -0.05) is 65.2 Å². The van der Waals surface area contributed by atoms with Crippen molar-refractivity contribution in [2.45, 2.75) is 91.5 Å². The van der Waals surface area contributed by atoms with Crippen molar-refractivity contribution in [1.29, 1.82) is 0 Å². The lowest BCUT2D eigenvalue weighted by molar-refractivity contribution is -0.136. The van der Waals surface area contributed by atoms with Crippen LogP contribution in [0.3, 0.4) is 0 Å². The van der Waals surface area contributed by atoms with E-state index in [0.717, 1.165) is 63.8 Å². The highest BCUT2D eigenvalue weighted by Gasteiger charge is 2.27. The molecule has 33 heavy (non-hydrogen) atoms. The van der Waals surface area contributed by atoms with Crippen LogP contribution in [0.25, 0.3) is 0 Å². The molecule has 0 N–H and O–H groups in total. The van der Waals surface area contributed by atoms with Crippen LogP contribution in [0.5, 0.6) is 5.75 Å². The van der Waals surface area contributed by atoms with Gasteiger partial charge in [0, 0.05) is 23.9 Å². The Morgan fingerprint density at radius 3 is 2.52 bits per heavy atom. The summed E-state index contributed by atoms with van der Waals surface area (Å²) in [5.41, 5.74) is 2.62. The average molecular weight is 470 g/mol. The summed E-state index contributed by atoms with van der Waals surface area (Å²) in [5.74, 6) is 1.76. The Balaban J connectivity index is 1.64. The second-order valence-corrected chi connectivity index (χ2v) is 10.6. The van der Waals surface area contributed by atoms with Crippen molar-refractivity contribution in [2.75, 3.05) is 13.1 Å². The van der Waals surface area contributed by atoms with Crippen LogP contribution in [0.1, 0.15) is 82.2 Å². The Kier molecular flexibility index (Phi) is 10.5. The first-order valence-corrected chi connectivity index (χ1v) is 14.0. The number of thiophene rings is 1. The van der Waals surface area contributed by atoms with E-state index in [9.17, 15) is 4.79 Å². The molecule has 1 aromatic carbocycles. The summed E-state index contributed by atoms with van der Waals surface area (Å²) in [6, 6.07) is 11.3. The van der Waals surface area contributed by atoms with Gasteiger partial charge in [-0.2, -0.15) is 0 Å². The van der Waals surface area contributed by atoms with Crippen LogP contribution in [-0.4, -0.2) is 30.0 Å². The molecule has 0 spiro atoms. The van der Waals surface area contributed by atoms with Crippen LogP contribution in [0, 0.1) is 11.8 Å². The van der Waals surface area contributed by atoms with Crippen molar-refractivity contribution in [1.82, 2.24) is 4.90 Å². The van der Waals surface area contributed by atoms with Crippen molar-refractivity contribution in [3.05, 3.63) is 51.7 Å². The van der Waals surface area contributed by atoms with Gasteiger partial charge in [0.15, 0.2) is 0 Å². The molecule has 3 nitrogen and oxygen atoms in total. The third-order valence-corrected chi connectivity index (χ3v) is 8.49. The van der Waals surface area contributed by atoms with Crippen LogP contribution in [0.4, 0.5) is 0 Å². The summed E-state index contributed by atoms with van der Waals surface area (Å²) in [7, 11) is 0. The fourth-order valence-corrected chi connectivity index (χ4v) is 6.31. The van der Waals surface area contributed by atoms with E-state index in [0.29, 0.717) is 24.3 Å². The standard InChI is InChI=1S/C29H43NO2S/c1-5-17-30(18-16-26-12-10-19-33-26)25-14-15-27-24(20-25)11-9-13-28(27)32-29(31)21-23(8-4)22(6-2)7-3/h9-13,19,22-23,25H,5-8,14-18,20-21H2,1-4H3. The molecule has 0 bridgehead atoms. The summed E-state index contributed by atoms with van der Waals surface area (Å²) in [6.45, 7) is 11.2. The molecule has 1 aromatic heterocycles. The minimum atomic E-state index is -0.0622. The maximum atomic E-state index is 12.8. The minimum absolute atomic E-state index is 0.0622. The third-order valence-electron chi connectivity index (χ3n) is 7.56. The van der Waals surface area contributed by atoms with E-state index in [2.05, 4.69) is 62.2 Å². The lowest BCUT2D eigenvalue weighted by Gasteiger charge is -2.35. The molecule has 0 saturated carbocycles. The Bertz CT molecular complexity index is 843. The molecular weight excluding hydrogens is 426 g/mol. The third kappa shape index (κ3) is 7.16. The van der Waals surface area contributed by atoms with E-state index >= 15 is 0 Å². The van der Waals surface area contributed by atoms with E-state index in [1.54, 1.807) is 0 Å². The molecule has 0 amide bonds. The van der Waals surface area contributed by atoms with Crippen molar-refractivity contribution in [3.8, 4) is 5.75 Å². The summed E-state index contributed by atoms with van der Waals surface area (Å²) in [5, 5.41) is 2.17. The number of hydrogen-bond acceptors (Lipinski definition) is 4. The van der Waals surface area contributed by atoms with Crippen LogP contribution >= 0.6 is 11.3 Å². The highest BCUT2D eigenvalue weighted by molar-refractivity contribution is 7.09. The molecule has 1 aliphatic rings. The number of carbonyl (C=O) groups excluding carboxylic acids is 1. The molecule has 2 unspecified atom stereocenters. The Morgan fingerprint density at radius 2 is 1.85 bits per heavy atom. The molecule has 4 heteroatoms. The molecule has 1 aliphatic carbocycles. The largest absolute Gasteiger partial charge is 0.426 e. The average Bonchev–Trinajstić information content (AvgIpc) is 3.35. The SMILES string of the molecule is CCCN(CCc1cccs1)C1CCc2c(cccc2OC(=O)CC(CC)C(CC)CC)C1. The van der Waals surface area contributed by atoms with Crippen LogP contribution in [-0.2, 0) is 24.1 Å². The van der Waals surface area contributed by atoms with Gasteiger partial charge in [-0.15, -0.1) is 11.3 Å². The van der Waals surface area contributed by atoms with Gasteiger partial charge >= 0.3 is 5.97 Å². The lowest BCUT2D eigenvalue weighted by atomic mass is 9.83. The molecule has 2 aromatic rings. The van der Waals surface area contributed by atoms with E-state index in [4.69, 9.17) is 4.74 Å². The molecule has 1 heterocycles. The molecule has 3 rings (SSSR count). The zero-order chi connectivity index (χ0) is 23.6. The van der Waals surface area contributed by atoms with Gasteiger partial charge in [-0.25, -0.2) is 0 Å². The monoisotopic (exact) mass is 469 g/mol. The maximum absolute atomic E-state index is 12.8. The molecular formula is C29H43NO2S. The first-order chi connectivity index (χ1) is 16.1. The smallest absolute Gasteiger partial charge is 0.311 e. The predicted molar refractivity (Wildman–Crippen MR) is 140 cm³/mol. The fourth-order valence-electron chi connectivity index (χ4n) is 5.61. The van der Waals surface area contributed by atoms with Crippen molar-refractivity contribution in [3.63, 3.8) is 0 Å². The number of rotatable bonds is 13. The van der Waals surface area contributed by atoms with Crippen LogP contribution in [0.15, 0.2) is 35.7 Å². The van der Waals surface area contributed by atoms with E-state index in [1.165, 1.54) is 22.4 Å². The zero-order valence-corrected chi connectivity index (χ0v) is 22.0. The lowest BCUT2D eigenvalue weighted by Crippen LogP contribution is -2.41. The van der Waals surface area contributed by atoms with Gasteiger partial charge < -0.3 is 4.74 Å². The molecule has 0 fully saturated rings. The van der Waals surface area contributed by atoms with E-state index < -0.39 is 0 Å². The van der Waals surface area contributed by atoms with Crippen molar-refractivity contribution >= 4 is 17.3 Å². The van der Waals surface area contributed by atoms with Gasteiger partial charge in [-0.3, -0.25) is 9.69 Å². The predicted octanol–water partition coefficient (Wildman–Crippen LogP) is 7.32. The number of carbonyl (C=O) groups is 1. The number of esters is 1. The Hall–Kier alpha value is -1.65. The highest BCUT2D eigenvalue weighted by atomic mass is 32.1. The summed E-state index contributed by atoms with van der Waals surface area (Å²) in [6.07, 6.45) is 9.32. The van der Waals surface area contributed by atoms with Crippen LogP contribution < -0.4 is 4.74 Å². The quantitative estimate of drug-likeness (QED) is 0.227. The summed E-state index contributed by atoms with van der Waals surface area (Å²) in [4.78, 5) is 17.0. The first-order valence-electron chi connectivity index (χ1n) is 13.2. The first kappa shape index (κ1) is 26.0. The van der Waals surface area contributed by atoms with Gasteiger partial charge in [0.2, 0.25) is 0 Å². The van der Waals surface area contributed by atoms with Gasteiger partial charge in [0.25, 0.3) is 0 Å². The van der Waals surface area contributed by atoms with Crippen molar-refractivity contribution in [2.24, 2.45) is 11.8 Å². The highest BCUT2D eigenvalue weighted by Crippen LogP contribution is 2.33. The fraction of sp³-hybridized carbons (Fsp3) is 0.621. The van der Waals surface area contributed by atoms with Gasteiger partial charge in [0.1, 0.15) is 5.75 Å². The molecule has 182 valence electrons. The number of ether oxygens (including phenoxy) is 1. The molecule has 2 atom stereocenters. The number of nitrogens with zero attached hydrogens (tertiary/aromatic N) is 1. The van der Waals surface area contributed by atoms with Gasteiger partial charge in [0.05, 0.1) is 0 Å². The minimum Gasteiger partial charge on any atom is -0.426 e. The van der Waals surface area contributed by atoms with E-state index in [1.807, 2.05) is 17.4 Å². The van der Waals surface area contributed by atoms with Gasteiger partial charge in [-0.05, 0) is 79.1 Å². The summed E-state index contributed by atoms with van der Waals surface area (Å²) >= 11 is 1.86. The normalized spacial score (nSPS) is 16.7. The second-order valence-electron chi connectivity index (χ2n) is 9.58. The maximum Gasteiger partial charge on any atom is 0.311 e. The van der Waals surface area contributed by atoms with E-state index in [-0.39, 0.29) is 5.97 Å². The summed E-state index contributed by atoms with van der Waals surface area (Å²) < 4.78 is 5.97. The Labute approximate surface area is 205 Å². The molecule has 0 radical (unpaired) electrons. The molecule has 0 saturated heterocycles. The zero-order valence-electron chi connectivity index (χ0n) is 21.1. The van der Waals surface area contributed by atoms with Crippen LogP contribution in [0.2, 0.25) is 0 Å². The Morgan fingerprint density at radius 1 is 1.06 bits per heavy atom. The van der Waals surface area contributed by atoms with Crippen molar-refractivity contribution < 1.29 is 9.53 Å². The number of fused-ring (bicyclic) bond motifs is 1. The topological polar surface area (TPSA) is 29.5 Å². The molecule has 0 aliphatic heterocycles. The number of hydrogen-bond donors (Lipinski definition) is 0. The number of benzene rings is 1.